The minimum atomic E-state index is -0.0843. The fraction of sp³-hybridized carbons (Fsp3) is 0.333. The van der Waals surface area contributed by atoms with E-state index in [4.69, 9.17) is 5.26 Å². The minimum Gasteiger partial charge on any atom is -0.394 e. The summed E-state index contributed by atoms with van der Waals surface area (Å²) in [6.07, 6.45) is 5.01. The van der Waals surface area contributed by atoms with Crippen LogP contribution >= 0.6 is 0 Å². The van der Waals surface area contributed by atoms with Crippen molar-refractivity contribution in [3.63, 3.8) is 0 Å². The van der Waals surface area contributed by atoms with Crippen LogP contribution in [0.1, 0.15) is 24.0 Å². The predicted octanol–water partition coefficient (Wildman–Crippen LogP) is 1.55. The molecule has 1 amide bonds. The average molecular weight is 256 g/mol. The molecule has 1 saturated heterocycles. The molecule has 0 saturated carbocycles. The molecule has 4 nitrogen and oxygen atoms in total. The van der Waals surface area contributed by atoms with Gasteiger partial charge in [0.1, 0.15) is 0 Å². The van der Waals surface area contributed by atoms with E-state index in [9.17, 15) is 9.90 Å². The number of likely N-dealkylation sites (tertiary alicyclic amines) is 1. The lowest BCUT2D eigenvalue weighted by molar-refractivity contribution is -0.127. The third kappa shape index (κ3) is 3.21. The van der Waals surface area contributed by atoms with Crippen LogP contribution in [0.25, 0.3) is 6.08 Å². The first-order valence-corrected chi connectivity index (χ1v) is 6.34. The van der Waals surface area contributed by atoms with Crippen molar-refractivity contribution in [1.82, 2.24) is 4.90 Å². The maximum atomic E-state index is 12.0. The molecule has 1 atom stereocenters. The Morgan fingerprint density at radius 3 is 3.16 bits per heavy atom. The van der Waals surface area contributed by atoms with Gasteiger partial charge in [0.2, 0.25) is 5.91 Å². The second-order valence-corrected chi connectivity index (χ2v) is 4.58. The van der Waals surface area contributed by atoms with Crippen LogP contribution in [-0.2, 0) is 4.79 Å². The van der Waals surface area contributed by atoms with E-state index >= 15 is 0 Å². The van der Waals surface area contributed by atoms with Crippen molar-refractivity contribution >= 4 is 12.0 Å². The van der Waals surface area contributed by atoms with Crippen LogP contribution in [0.5, 0.6) is 0 Å². The second kappa shape index (κ2) is 6.17. The minimum absolute atomic E-state index is 0.0174. The highest BCUT2D eigenvalue weighted by Gasteiger charge is 2.26. The van der Waals surface area contributed by atoms with Crippen LogP contribution in [0, 0.1) is 11.3 Å². The SMILES string of the molecule is N#Cc1cccc(C=CC(=O)N2CCC[C@H]2CO)c1. The van der Waals surface area contributed by atoms with E-state index in [1.54, 1.807) is 29.2 Å². The van der Waals surface area contributed by atoms with Crippen LogP contribution in [0.4, 0.5) is 0 Å². The molecule has 1 aromatic carbocycles. The molecule has 1 aliphatic heterocycles. The van der Waals surface area contributed by atoms with Gasteiger partial charge < -0.3 is 10.0 Å². The van der Waals surface area contributed by atoms with Gasteiger partial charge in [0, 0.05) is 12.6 Å². The van der Waals surface area contributed by atoms with Crippen LogP contribution in [0.2, 0.25) is 0 Å². The fourth-order valence-electron chi connectivity index (χ4n) is 2.29. The molecule has 0 bridgehead atoms. The molecule has 1 fully saturated rings. The molecule has 1 aliphatic rings. The lowest BCUT2D eigenvalue weighted by Crippen LogP contribution is -2.36. The maximum Gasteiger partial charge on any atom is 0.246 e. The predicted molar refractivity (Wildman–Crippen MR) is 72.0 cm³/mol. The monoisotopic (exact) mass is 256 g/mol. The molecule has 19 heavy (non-hydrogen) atoms. The topological polar surface area (TPSA) is 64.3 Å². The van der Waals surface area contributed by atoms with Crippen molar-refractivity contribution in [2.24, 2.45) is 0 Å². The van der Waals surface area contributed by atoms with Gasteiger partial charge >= 0.3 is 0 Å². The first-order valence-electron chi connectivity index (χ1n) is 6.34. The zero-order valence-electron chi connectivity index (χ0n) is 10.6. The summed E-state index contributed by atoms with van der Waals surface area (Å²) in [5, 5.41) is 18.0. The molecule has 0 radical (unpaired) electrons. The molecule has 98 valence electrons. The number of aliphatic hydroxyl groups is 1. The Morgan fingerprint density at radius 1 is 1.58 bits per heavy atom. The first-order chi connectivity index (χ1) is 9.24. The summed E-state index contributed by atoms with van der Waals surface area (Å²) in [7, 11) is 0. The number of nitriles is 1. The highest BCUT2D eigenvalue weighted by molar-refractivity contribution is 5.92. The van der Waals surface area contributed by atoms with Gasteiger partial charge in [-0.2, -0.15) is 5.26 Å². The van der Waals surface area contributed by atoms with E-state index < -0.39 is 0 Å². The van der Waals surface area contributed by atoms with E-state index in [0.29, 0.717) is 12.1 Å². The quantitative estimate of drug-likeness (QED) is 0.835. The van der Waals surface area contributed by atoms with Gasteiger partial charge in [-0.1, -0.05) is 12.1 Å². The zero-order valence-corrected chi connectivity index (χ0v) is 10.6. The number of rotatable bonds is 3. The summed E-state index contributed by atoms with van der Waals surface area (Å²) in [5.41, 5.74) is 1.40. The van der Waals surface area contributed by atoms with Crippen molar-refractivity contribution in [2.75, 3.05) is 13.2 Å². The van der Waals surface area contributed by atoms with Crippen LogP contribution in [0.3, 0.4) is 0 Å². The molecule has 1 heterocycles. The Bertz CT molecular complexity index is 531. The third-order valence-electron chi connectivity index (χ3n) is 3.31. The molecule has 2 rings (SSSR count). The summed E-state index contributed by atoms with van der Waals surface area (Å²) >= 11 is 0. The molecule has 0 aliphatic carbocycles. The number of carbonyl (C=O) groups is 1. The normalized spacial score (nSPS) is 18.7. The van der Waals surface area contributed by atoms with E-state index in [1.807, 2.05) is 6.07 Å². The summed E-state index contributed by atoms with van der Waals surface area (Å²) < 4.78 is 0. The van der Waals surface area contributed by atoms with Gasteiger partial charge in [-0.3, -0.25) is 4.79 Å². The van der Waals surface area contributed by atoms with Crippen molar-refractivity contribution < 1.29 is 9.90 Å². The average Bonchev–Trinajstić information content (AvgIpc) is 2.93. The Balaban J connectivity index is 2.05. The van der Waals surface area contributed by atoms with Gasteiger partial charge in [-0.25, -0.2) is 0 Å². The Labute approximate surface area is 112 Å². The van der Waals surface area contributed by atoms with Crippen molar-refractivity contribution in [3.05, 3.63) is 41.5 Å². The lowest BCUT2D eigenvalue weighted by Gasteiger charge is -2.21. The van der Waals surface area contributed by atoms with Crippen molar-refractivity contribution in [1.29, 1.82) is 5.26 Å². The van der Waals surface area contributed by atoms with Gasteiger partial charge in [0.25, 0.3) is 0 Å². The van der Waals surface area contributed by atoms with Crippen molar-refractivity contribution in [3.8, 4) is 6.07 Å². The summed E-state index contributed by atoms with van der Waals surface area (Å²) in [4.78, 5) is 13.7. The Hall–Kier alpha value is -2.12. The highest BCUT2D eigenvalue weighted by atomic mass is 16.3. The summed E-state index contributed by atoms with van der Waals surface area (Å²) in [6, 6.07) is 9.10. The third-order valence-corrected chi connectivity index (χ3v) is 3.31. The number of hydrogen-bond acceptors (Lipinski definition) is 3. The van der Waals surface area contributed by atoms with E-state index in [1.165, 1.54) is 6.08 Å². The largest absolute Gasteiger partial charge is 0.394 e. The second-order valence-electron chi connectivity index (χ2n) is 4.58. The molecule has 0 spiro atoms. The molecule has 1 aromatic rings. The molecule has 0 aromatic heterocycles. The van der Waals surface area contributed by atoms with Crippen LogP contribution in [-0.4, -0.2) is 35.1 Å². The molecular weight excluding hydrogens is 240 g/mol. The summed E-state index contributed by atoms with van der Waals surface area (Å²) in [5.74, 6) is -0.0843. The van der Waals surface area contributed by atoms with Crippen LogP contribution < -0.4 is 0 Å². The van der Waals surface area contributed by atoms with Gasteiger partial charge in [-0.05, 0) is 36.6 Å². The van der Waals surface area contributed by atoms with E-state index in [0.717, 1.165) is 18.4 Å². The van der Waals surface area contributed by atoms with Crippen LogP contribution in [0.15, 0.2) is 30.3 Å². The molecular formula is C15H16N2O2. The standard InChI is InChI=1S/C15H16N2O2/c16-10-13-4-1-3-12(9-13)6-7-15(19)17-8-2-5-14(17)11-18/h1,3-4,6-7,9,14,18H,2,5,8,11H2/t14-/m0/s1. The number of amides is 1. The smallest absolute Gasteiger partial charge is 0.246 e. The Kier molecular flexibility index (Phi) is 4.32. The lowest BCUT2D eigenvalue weighted by atomic mass is 10.1. The molecule has 0 unspecified atom stereocenters. The highest BCUT2D eigenvalue weighted by Crippen LogP contribution is 2.17. The van der Waals surface area contributed by atoms with E-state index in [-0.39, 0.29) is 18.6 Å². The number of hydrogen-bond donors (Lipinski definition) is 1. The fourth-order valence-corrected chi connectivity index (χ4v) is 2.29. The zero-order chi connectivity index (χ0) is 13.7. The first kappa shape index (κ1) is 13.3. The summed E-state index contributed by atoms with van der Waals surface area (Å²) in [6.45, 7) is 0.718. The molecule has 4 heteroatoms. The van der Waals surface area contributed by atoms with Gasteiger partial charge in [0.15, 0.2) is 0 Å². The molecule has 1 N–H and O–H groups in total. The maximum absolute atomic E-state index is 12.0. The number of carbonyl (C=O) groups excluding carboxylic acids is 1. The van der Waals surface area contributed by atoms with Crippen molar-refractivity contribution in [2.45, 2.75) is 18.9 Å². The van der Waals surface area contributed by atoms with Gasteiger partial charge in [0.05, 0.1) is 24.3 Å². The number of nitrogens with zero attached hydrogens (tertiary/aromatic N) is 2. The number of aliphatic hydroxyl groups excluding tert-OH is 1. The number of benzene rings is 1. The van der Waals surface area contributed by atoms with Gasteiger partial charge in [-0.15, -0.1) is 0 Å². The Morgan fingerprint density at radius 2 is 2.42 bits per heavy atom. The van der Waals surface area contributed by atoms with E-state index in [2.05, 4.69) is 6.07 Å².